The van der Waals surface area contributed by atoms with Gasteiger partial charge in [0.05, 0.1) is 6.54 Å². The van der Waals surface area contributed by atoms with Gasteiger partial charge in [-0.25, -0.2) is 4.99 Å². The van der Waals surface area contributed by atoms with Gasteiger partial charge in [-0.05, 0) is 49.8 Å². The molecule has 136 valence electrons. The van der Waals surface area contributed by atoms with Gasteiger partial charge in [0.25, 0.3) is 0 Å². The summed E-state index contributed by atoms with van der Waals surface area (Å²) in [5, 5.41) is 4.14. The van der Waals surface area contributed by atoms with E-state index in [0.29, 0.717) is 6.54 Å². The van der Waals surface area contributed by atoms with Crippen LogP contribution in [0.25, 0.3) is 0 Å². The number of guanidine groups is 1. The van der Waals surface area contributed by atoms with Crippen molar-refractivity contribution >= 4 is 41.5 Å². The second-order valence-electron chi connectivity index (χ2n) is 6.06. The summed E-state index contributed by atoms with van der Waals surface area (Å²) in [6, 6.07) is 7.87. The molecule has 1 aliphatic heterocycles. The van der Waals surface area contributed by atoms with Gasteiger partial charge in [-0.15, -0.1) is 24.0 Å². The molecular formula is C18H29ClIN3O. The van der Waals surface area contributed by atoms with Crippen molar-refractivity contribution < 1.29 is 4.74 Å². The molecule has 1 fully saturated rings. The van der Waals surface area contributed by atoms with Crippen LogP contribution >= 0.6 is 35.6 Å². The third-order valence-electron chi connectivity index (χ3n) is 4.23. The predicted molar refractivity (Wildman–Crippen MR) is 112 cm³/mol. The molecule has 0 aromatic heterocycles. The number of ether oxygens (including phenoxy) is 1. The Morgan fingerprint density at radius 1 is 1.29 bits per heavy atom. The summed E-state index contributed by atoms with van der Waals surface area (Å²) in [6.45, 7) is 6.50. The van der Waals surface area contributed by atoms with E-state index in [-0.39, 0.29) is 24.0 Å². The predicted octanol–water partition coefficient (Wildman–Crippen LogP) is 4.17. The number of benzene rings is 1. The largest absolute Gasteiger partial charge is 0.381 e. The van der Waals surface area contributed by atoms with E-state index in [1.807, 2.05) is 24.3 Å². The number of nitrogens with one attached hydrogen (secondary N) is 1. The second kappa shape index (κ2) is 11.9. The van der Waals surface area contributed by atoms with Crippen LogP contribution in [0.3, 0.4) is 0 Å². The lowest BCUT2D eigenvalue weighted by molar-refractivity contribution is 0.0625. The molecule has 0 spiro atoms. The fourth-order valence-electron chi connectivity index (χ4n) is 2.74. The number of rotatable bonds is 6. The Labute approximate surface area is 168 Å². The number of nitrogens with zero attached hydrogens (tertiary/aromatic N) is 2. The Morgan fingerprint density at radius 3 is 2.58 bits per heavy atom. The smallest absolute Gasteiger partial charge is 0.193 e. The Bertz CT molecular complexity index is 490. The highest BCUT2D eigenvalue weighted by atomic mass is 127. The minimum atomic E-state index is 0. The monoisotopic (exact) mass is 465 g/mol. The van der Waals surface area contributed by atoms with Gasteiger partial charge in [0.2, 0.25) is 0 Å². The molecule has 1 aliphatic rings. The van der Waals surface area contributed by atoms with E-state index in [0.717, 1.165) is 43.2 Å². The molecule has 1 N–H and O–H groups in total. The Morgan fingerprint density at radius 2 is 1.96 bits per heavy atom. The van der Waals surface area contributed by atoms with E-state index in [1.54, 1.807) is 0 Å². The van der Waals surface area contributed by atoms with Crippen molar-refractivity contribution in [2.45, 2.75) is 32.7 Å². The highest BCUT2D eigenvalue weighted by Gasteiger charge is 2.15. The highest BCUT2D eigenvalue weighted by molar-refractivity contribution is 14.0. The first-order valence-corrected chi connectivity index (χ1v) is 8.88. The molecular weight excluding hydrogens is 437 g/mol. The molecule has 0 atom stereocenters. The summed E-state index contributed by atoms with van der Waals surface area (Å²) in [5.74, 6) is 1.75. The van der Waals surface area contributed by atoms with Crippen LogP contribution < -0.4 is 5.32 Å². The normalized spacial score (nSPS) is 15.7. The topological polar surface area (TPSA) is 36.9 Å². The average Bonchev–Trinajstić information content (AvgIpc) is 2.59. The molecule has 0 unspecified atom stereocenters. The summed E-state index contributed by atoms with van der Waals surface area (Å²) in [7, 11) is 2.11. The summed E-state index contributed by atoms with van der Waals surface area (Å²) in [4.78, 5) is 6.97. The van der Waals surface area contributed by atoms with Gasteiger partial charge in [0, 0.05) is 38.4 Å². The molecule has 24 heavy (non-hydrogen) atoms. The zero-order valence-electron chi connectivity index (χ0n) is 14.6. The SMILES string of the molecule is CCNC(=NCc1ccc(Cl)cc1)N(C)CCC1CCOCC1.I. The summed E-state index contributed by atoms with van der Waals surface area (Å²) in [6.07, 6.45) is 3.57. The molecule has 0 amide bonds. The Kier molecular flexibility index (Phi) is 10.7. The third-order valence-corrected chi connectivity index (χ3v) is 4.49. The van der Waals surface area contributed by atoms with Crippen LogP contribution in [0.1, 0.15) is 31.7 Å². The van der Waals surface area contributed by atoms with Crippen molar-refractivity contribution in [2.24, 2.45) is 10.9 Å². The molecule has 0 saturated carbocycles. The van der Waals surface area contributed by atoms with Crippen molar-refractivity contribution in [3.8, 4) is 0 Å². The van der Waals surface area contributed by atoms with Gasteiger partial charge in [-0.3, -0.25) is 0 Å². The lowest BCUT2D eigenvalue weighted by atomic mass is 9.96. The Hall–Kier alpha value is -0.530. The molecule has 1 aromatic rings. The van der Waals surface area contributed by atoms with E-state index in [2.05, 4.69) is 24.2 Å². The van der Waals surface area contributed by atoms with Gasteiger partial charge < -0.3 is 15.0 Å². The van der Waals surface area contributed by atoms with Gasteiger partial charge in [-0.2, -0.15) is 0 Å². The molecule has 2 rings (SSSR count). The maximum Gasteiger partial charge on any atom is 0.193 e. The minimum absolute atomic E-state index is 0. The lowest BCUT2D eigenvalue weighted by Gasteiger charge is -2.26. The average molecular weight is 466 g/mol. The van der Waals surface area contributed by atoms with Gasteiger partial charge in [0.1, 0.15) is 0 Å². The van der Waals surface area contributed by atoms with Gasteiger partial charge in [-0.1, -0.05) is 23.7 Å². The van der Waals surface area contributed by atoms with E-state index in [9.17, 15) is 0 Å². The molecule has 1 heterocycles. The van der Waals surface area contributed by atoms with E-state index in [4.69, 9.17) is 21.3 Å². The highest BCUT2D eigenvalue weighted by Crippen LogP contribution is 2.18. The van der Waals surface area contributed by atoms with Crippen LogP contribution in [0, 0.1) is 5.92 Å². The first-order valence-electron chi connectivity index (χ1n) is 8.50. The fourth-order valence-corrected chi connectivity index (χ4v) is 2.87. The second-order valence-corrected chi connectivity index (χ2v) is 6.50. The maximum absolute atomic E-state index is 5.92. The maximum atomic E-state index is 5.92. The van der Waals surface area contributed by atoms with Crippen molar-refractivity contribution in [3.63, 3.8) is 0 Å². The van der Waals surface area contributed by atoms with E-state index in [1.165, 1.54) is 24.8 Å². The van der Waals surface area contributed by atoms with Crippen molar-refractivity contribution in [2.75, 3.05) is 33.4 Å². The molecule has 1 saturated heterocycles. The van der Waals surface area contributed by atoms with Crippen molar-refractivity contribution in [3.05, 3.63) is 34.9 Å². The first-order chi connectivity index (χ1) is 11.2. The van der Waals surface area contributed by atoms with Crippen LogP contribution in [0.15, 0.2) is 29.3 Å². The third kappa shape index (κ3) is 7.57. The molecule has 1 aromatic carbocycles. The Balaban J connectivity index is 0.00000288. The van der Waals surface area contributed by atoms with Crippen LogP contribution in [-0.2, 0) is 11.3 Å². The van der Waals surface area contributed by atoms with E-state index < -0.39 is 0 Å². The van der Waals surface area contributed by atoms with E-state index >= 15 is 0 Å². The summed E-state index contributed by atoms with van der Waals surface area (Å²) >= 11 is 5.92. The standard InChI is InChI=1S/C18H28ClN3O.HI/c1-3-20-18(21-14-16-4-6-17(19)7-5-16)22(2)11-8-15-9-12-23-13-10-15;/h4-7,15H,3,8-14H2,1-2H3,(H,20,21);1H. The zero-order valence-corrected chi connectivity index (χ0v) is 17.7. The van der Waals surface area contributed by atoms with Crippen molar-refractivity contribution in [1.29, 1.82) is 0 Å². The van der Waals surface area contributed by atoms with Crippen LogP contribution in [0.2, 0.25) is 5.02 Å². The number of halogens is 2. The lowest BCUT2D eigenvalue weighted by Crippen LogP contribution is -2.40. The zero-order chi connectivity index (χ0) is 16.5. The van der Waals surface area contributed by atoms with Gasteiger partial charge in [0.15, 0.2) is 5.96 Å². The molecule has 0 aliphatic carbocycles. The number of hydrogen-bond donors (Lipinski definition) is 1. The van der Waals surface area contributed by atoms with Gasteiger partial charge >= 0.3 is 0 Å². The molecule has 0 radical (unpaired) electrons. The number of aliphatic imine (C=N–C) groups is 1. The summed E-state index contributed by atoms with van der Waals surface area (Å²) < 4.78 is 5.43. The molecule has 0 bridgehead atoms. The number of hydrogen-bond acceptors (Lipinski definition) is 2. The molecule has 6 heteroatoms. The quantitative estimate of drug-likeness (QED) is 0.389. The van der Waals surface area contributed by atoms with Crippen molar-refractivity contribution in [1.82, 2.24) is 10.2 Å². The van der Waals surface area contributed by atoms with Crippen LogP contribution in [0.5, 0.6) is 0 Å². The molecule has 4 nitrogen and oxygen atoms in total. The summed E-state index contributed by atoms with van der Waals surface area (Å²) in [5.41, 5.74) is 1.17. The fraction of sp³-hybridized carbons (Fsp3) is 0.611. The first kappa shape index (κ1) is 21.5. The minimum Gasteiger partial charge on any atom is -0.381 e. The van der Waals surface area contributed by atoms with Crippen LogP contribution in [-0.4, -0.2) is 44.2 Å². The van der Waals surface area contributed by atoms with Crippen LogP contribution in [0.4, 0.5) is 0 Å².